The number of carboxylic acids is 1. The molecule has 3 aromatic rings. The number of rotatable bonds is 5. The van der Waals surface area contributed by atoms with E-state index in [1.807, 2.05) is 42.5 Å². The number of fused-ring (bicyclic) bond motifs is 1. The zero-order valence-corrected chi connectivity index (χ0v) is 16.0. The summed E-state index contributed by atoms with van der Waals surface area (Å²) in [5.41, 5.74) is 3.31. The number of methoxy groups -OCH3 is 1. The van der Waals surface area contributed by atoms with Gasteiger partial charge < -0.3 is 19.7 Å². The average molecular weight is 390 g/mol. The molecule has 5 heteroatoms. The van der Waals surface area contributed by atoms with Crippen LogP contribution in [0.1, 0.15) is 27.6 Å². The van der Waals surface area contributed by atoms with Crippen molar-refractivity contribution < 1.29 is 24.5 Å². The monoisotopic (exact) mass is 390 g/mol. The summed E-state index contributed by atoms with van der Waals surface area (Å²) < 4.78 is 11.2. The van der Waals surface area contributed by atoms with Gasteiger partial charge in [-0.1, -0.05) is 42.5 Å². The molecule has 4 rings (SSSR count). The van der Waals surface area contributed by atoms with E-state index in [-0.39, 0.29) is 11.5 Å². The van der Waals surface area contributed by atoms with Gasteiger partial charge in [0.15, 0.2) is 0 Å². The minimum Gasteiger partial charge on any atom is -0.497 e. The zero-order chi connectivity index (χ0) is 20.4. The number of aliphatic hydroxyl groups is 1. The standard InChI is InChI=1S/C24H22O5/c1-28-18-8-10-19(24(26)27)21(13-18)16-7-9-20-22(12-16)29-14-17(23(20)25)11-15-5-3-2-4-6-15/h2-10,12-13,17,23,25H,11,14H2,1H3,(H,26,27)/t17-,23+/m0/s1. The smallest absolute Gasteiger partial charge is 0.336 e. The van der Waals surface area contributed by atoms with Gasteiger partial charge in [-0.15, -0.1) is 0 Å². The van der Waals surface area contributed by atoms with Gasteiger partial charge in [-0.25, -0.2) is 4.79 Å². The average Bonchev–Trinajstić information content (AvgIpc) is 2.75. The second-order valence-corrected chi connectivity index (χ2v) is 7.17. The van der Waals surface area contributed by atoms with Gasteiger partial charge in [0.1, 0.15) is 11.5 Å². The van der Waals surface area contributed by atoms with Crippen molar-refractivity contribution in [1.82, 2.24) is 0 Å². The van der Waals surface area contributed by atoms with Crippen molar-refractivity contribution in [3.05, 3.63) is 83.4 Å². The summed E-state index contributed by atoms with van der Waals surface area (Å²) in [6.45, 7) is 0.399. The lowest BCUT2D eigenvalue weighted by Crippen LogP contribution is -2.27. The predicted octanol–water partition coefficient (Wildman–Crippen LogP) is 4.35. The van der Waals surface area contributed by atoms with E-state index in [9.17, 15) is 15.0 Å². The molecular formula is C24H22O5. The predicted molar refractivity (Wildman–Crippen MR) is 109 cm³/mol. The quantitative estimate of drug-likeness (QED) is 0.678. The molecule has 1 heterocycles. The van der Waals surface area contributed by atoms with Crippen LogP contribution in [0.2, 0.25) is 0 Å². The van der Waals surface area contributed by atoms with Gasteiger partial charge in [0.05, 0.1) is 25.4 Å². The van der Waals surface area contributed by atoms with Crippen molar-refractivity contribution in [3.63, 3.8) is 0 Å². The normalized spacial score (nSPS) is 17.9. The highest BCUT2D eigenvalue weighted by Gasteiger charge is 2.30. The van der Waals surface area contributed by atoms with Gasteiger partial charge in [-0.2, -0.15) is 0 Å². The van der Waals surface area contributed by atoms with Crippen molar-refractivity contribution in [2.75, 3.05) is 13.7 Å². The third-order valence-corrected chi connectivity index (χ3v) is 5.34. The molecule has 2 N–H and O–H groups in total. The highest BCUT2D eigenvalue weighted by atomic mass is 16.5. The number of aromatic carboxylic acids is 1. The first-order valence-corrected chi connectivity index (χ1v) is 9.47. The molecule has 0 radical (unpaired) electrons. The summed E-state index contributed by atoms with van der Waals surface area (Å²) >= 11 is 0. The molecule has 0 aromatic heterocycles. The maximum Gasteiger partial charge on any atom is 0.336 e. The van der Waals surface area contributed by atoms with E-state index in [0.29, 0.717) is 29.2 Å². The van der Waals surface area contributed by atoms with E-state index in [1.54, 1.807) is 25.3 Å². The van der Waals surface area contributed by atoms with Crippen LogP contribution < -0.4 is 9.47 Å². The molecule has 1 aliphatic heterocycles. The van der Waals surface area contributed by atoms with Crippen molar-refractivity contribution in [1.29, 1.82) is 0 Å². The van der Waals surface area contributed by atoms with Crippen LogP contribution in [0.5, 0.6) is 11.5 Å². The fourth-order valence-electron chi connectivity index (χ4n) is 3.78. The molecule has 148 valence electrons. The lowest BCUT2D eigenvalue weighted by molar-refractivity contribution is 0.0508. The number of ether oxygens (including phenoxy) is 2. The summed E-state index contributed by atoms with van der Waals surface area (Å²) in [5, 5.41) is 20.4. The molecule has 0 amide bonds. The maximum atomic E-state index is 11.6. The molecule has 0 aliphatic carbocycles. The Morgan fingerprint density at radius 3 is 2.62 bits per heavy atom. The molecule has 0 spiro atoms. The Bertz CT molecular complexity index is 1030. The largest absolute Gasteiger partial charge is 0.497 e. The molecule has 0 fully saturated rings. The first-order chi connectivity index (χ1) is 14.1. The molecule has 0 saturated carbocycles. The molecule has 0 bridgehead atoms. The third-order valence-electron chi connectivity index (χ3n) is 5.34. The van der Waals surface area contributed by atoms with Crippen molar-refractivity contribution >= 4 is 5.97 Å². The number of hydrogen-bond acceptors (Lipinski definition) is 4. The van der Waals surface area contributed by atoms with Crippen LogP contribution in [0.25, 0.3) is 11.1 Å². The van der Waals surface area contributed by atoms with E-state index in [0.717, 1.165) is 17.5 Å². The number of carboxylic acid groups (broad SMARTS) is 1. The van der Waals surface area contributed by atoms with Crippen molar-refractivity contribution in [2.24, 2.45) is 5.92 Å². The Hall–Kier alpha value is -3.31. The number of carbonyl (C=O) groups is 1. The van der Waals surface area contributed by atoms with E-state index >= 15 is 0 Å². The van der Waals surface area contributed by atoms with E-state index in [1.165, 1.54) is 6.07 Å². The maximum absolute atomic E-state index is 11.6. The molecule has 1 aliphatic rings. The van der Waals surface area contributed by atoms with Gasteiger partial charge in [-0.3, -0.25) is 0 Å². The summed E-state index contributed by atoms with van der Waals surface area (Å²) in [5.74, 6) is 0.108. The first-order valence-electron chi connectivity index (χ1n) is 9.47. The zero-order valence-electron chi connectivity index (χ0n) is 16.0. The van der Waals surface area contributed by atoms with Crippen molar-refractivity contribution in [3.8, 4) is 22.6 Å². The van der Waals surface area contributed by atoms with Gasteiger partial charge in [0, 0.05) is 11.5 Å². The Labute approximate surface area is 169 Å². The minimum atomic E-state index is -1.01. The molecular weight excluding hydrogens is 368 g/mol. The Kier molecular flexibility index (Phi) is 5.23. The van der Waals surface area contributed by atoms with Gasteiger partial charge in [0.25, 0.3) is 0 Å². The van der Waals surface area contributed by atoms with Crippen LogP contribution in [0.4, 0.5) is 0 Å². The summed E-state index contributed by atoms with van der Waals surface area (Å²) in [6.07, 6.45) is 0.0830. The van der Waals surface area contributed by atoms with Crippen LogP contribution in [0.3, 0.4) is 0 Å². The van der Waals surface area contributed by atoms with Crippen LogP contribution in [0, 0.1) is 5.92 Å². The topological polar surface area (TPSA) is 76.0 Å². The summed E-state index contributed by atoms with van der Waals surface area (Å²) in [4.78, 5) is 11.6. The van der Waals surface area contributed by atoms with Crippen molar-refractivity contribution in [2.45, 2.75) is 12.5 Å². The fourth-order valence-corrected chi connectivity index (χ4v) is 3.78. The third kappa shape index (κ3) is 3.82. The second kappa shape index (κ2) is 7.97. The molecule has 0 unspecified atom stereocenters. The summed E-state index contributed by atoms with van der Waals surface area (Å²) in [6, 6.07) is 20.3. The van der Waals surface area contributed by atoms with Crippen LogP contribution in [-0.4, -0.2) is 29.9 Å². The van der Waals surface area contributed by atoms with Gasteiger partial charge >= 0.3 is 5.97 Å². The SMILES string of the molecule is COc1ccc(C(=O)O)c(-c2ccc3c(c2)OC[C@H](Cc2ccccc2)[C@H]3O)c1. The highest BCUT2D eigenvalue weighted by Crippen LogP contribution is 2.40. The first kappa shape index (κ1) is 19.0. The molecule has 3 aromatic carbocycles. The fraction of sp³-hybridized carbons (Fsp3) is 0.208. The Morgan fingerprint density at radius 1 is 1.10 bits per heavy atom. The van der Waals surface area contributed by atoms with Crippen LogP contribution in [0.15, 0.2) is 66.7 Å². The lowest BCUT2D eigenvalue weighted by Gasteiger charge is -2.31. The van der Waals surface area contributed by atoms with E-state index < -0.39 is 12.1 Å². The van der Waals surface area contributed by atoms with E-state index in [2.05, 4.69) is 0 Å². The molecule has 5 nitrogen and oxygen atoms in total. The van der Waals surface area contributed by atoms with E-state index in [4.69, 9.17) is 9.47 Å². The molecule has 29 heavy (non-hydrogen) atoms. The summed E-state index contributed by atoms with van der Waals surface area (Å²) in [7, 11) is 1.54. The van der Waals surface area contributed by atoms with Gasteiger partial charge in [0.2, 0.25) is 0 Å². The minimum absolute atomic E-state index is 0.0397. The lowest BCUT2D eigenvalue weighted by atomic mass is 9.87. The number of aliphatic hydroxyl groups excluding tert-OH is 1. The van der Waals surface area contributed by atoms with Gasteiger partial charge in [-0.05, 0) is 47.4 Å². The Morgan fingerprint density at radius 2 is 1.90 bits per heavy atom. The number of benzene rings is 3. The van der Waals surface area contributed by atoms with Crippen LogP contribution >= 0.6 is 0 Å². The Balaban J connectivity index is 1.65. The molecule has 0 saturated heterocycles. The van der Waals surface area contributed by atoms with Crippen LogP contribution in [-0.2, 0) is 6.42 Å². The second-order valence-electron chi connectivity index (χ2n) is 7.17. The molecule has 2 atom stereocenters. The highest BCUT2D eigenvalue weighted by molar-refractivity contribution is 5.96. The number of hydrogen-bond donors (Lipinski definition) is 2.